The standard InChI is InChI=1S/C22H21FN2O4/c1-25-19(26)16-17(20(25)27)22(21(28)29-2,12-13-6-4-3-5-7-13)24-18(16)14-8-10-15(23)11-9-14/h3-11,16-18,24H,12H2,1-2H3/t16-,17+,18-,22-/m1/s1. The molecule has 7 heteroatoms. The molecular weight excluding hydrogens is 375 g/mol. The van der Waals surface area contributed by atoms with Crippen LogP contribution < -0.4 is 5.32 Å². The van der Waals surface area contributed by atoms with E-state index in [9.17, 15) is 18.8 Å². The normalized spacial score (nSPS) is 28.5. The summed E-state index contributed by atoms with van der Waals surface area (Å²) in [4.78, 5) is 40.1. The van der Waals surface area contributed by atoms with Crippen molar-refractivity contribution in [2.75, 3.05) is 14.2 Å². The van der Waals surface area contributed by atoms with Crippen molar-refractivity contribution in [1.29, 1.82) is 0 Å². The van der Waals surface area contributed by atoms with Gasteiger partial charge in [-0.15, -0.1) is 0 Å². The molecule has 2 amide bonds. The maximum absolute atomic E-state index is 13.4. The second-order valence-corrected chi connectivity index (χ2v) is 7.54. The zero-order valence-electron chi connectivity index (χ0n) is 16.1. The molecule has 2 aromatic carbocycles. The quantitative estimate of drug-likeness (QED) is 0.631. The van der Waals surface area contributed by atoms with Crippen molar-refractivity contribution in [3.8, 4) is 0 Å². The number of hydrogen-bond acceptors (Lipinski definition) is 5. The summed E-state index contributed by atoms with van der Waals surface area (Å²) in [6.07, 6.45) is 0.187. The number of amides is 2. The fourth-order valence-corrected chi connectivity index (χ4v) is 4.63. The Labute approximate surface area is 167 Å². The molecule has 6 nitrogen and oxygen atoms in total. The minimum atomic E-state index is -1.41. The highest BCUT2D eigenvalue weighted by Crippen LogP contribution is 2.49. The van der Waals surface area contributed by atoms with Gasteiger partial charge in [0.05, 0.1) is 18.9 Å². The lowest BCUT2D eigenvalue weighted by Gasteiger charge is -2.32. The molecule has 2 aliphatic heterocycles. The minimum absolute atomic E-state index is 0.187. The van der Waals surface area contributed by atoms with Crippen molar-refractivity contribution in [2.24, 2.45) is 11.8 Å². The molecule has 0 bridgehead atoms. The lowest BCUT2D eigenvalue weighted by molar-refractivity contribution is -0.153. The van der Waals surface area contributed by atoms with Gasteiger partial charge in [0.1, 0.15) is 11.4 Å². The number of fused-ring (bicyclic) bond motifs is 1. The summed E-state index contributed by atoms with van der Waals surface area (Å²) < 4.78 is 18.5. The molecule has 0 radical (unpaired) electrons. The Morgan fingerprint density at radius 2 is 1.76 bits per heavy atom. The van der Waals surface area contributed by atoms with E-state index in [4.69, 9.17) is 4.74 Å². The predicted octanol–water partition coefficient (Wildman–Crippen LogP) is 1.86. The molecule has 0 aliphatic carbocycles. The molecule has 0 saturated carbocycles. The van der Waals surface area contributed by atoms with Crippen LogP contribution in [-0.2, 0) is 25.5 Å². The summed E-state index contributed by atoms with van der Waals surface area (Å²) >= 11 is 0. The van der Waals surface area contributed by atoms with Gasteiger partial charge in [-0.1, -0.05) is 42.5 Å². The van der Waals surface area contributed by atoms with E-state index < -0.39 is 41.1 Å². The molecule has 2 aromatic rings. The van der Waals surface area contributed by atoms with Gasteiger partial charge in [0.25, 0.3) is 0 Å². The van der Waals surface area contributed by atoms with E-state index in [0.717, 1.165) is 10.5 Å². The third kappa shape index (κ3) is 2.93. The summed E-state index contributed by atoms with van der Waals surface area (Å²) in [5.74, 6) is -3.47. The van der Waals surface area contributed by atoms with Crippen LogP contribution in [0.1, 0.15) is 17.2 Å². The minimum Gasteiger partial charge on any atom is -0.468 e. The number of likely N-dealkylation sites (tertiary alicyclic amines) is 1. The van der Waals surface area contributed by atoms with Gasteiger partial charge in [-0.2, -0.15) is 0 Å². The van der Waals surface area contributed by atoms with Gasteiger partial charge in [0.2, 0.25) is 11.8 Å². The van der Waals surface area contributed by atoms with Crippen molar-refractivity contribution in [2.45, 2.75) is 18.0 Å². The summed E-state index contributed by atoms with van der Waals surface area (Å²) in [6.45, 7) is 0. The molecule has 2 aliphatic rings. The van der Waals surface area contributed by atoms with Gasteiger partial charge in [-0.05, 0) is 23.3 Å². The summed E-state index contributed by atoms with van der Waals surface area (Å²) in [5.41, 5.74) is 0.0625. The van der Waals surface area contributed by atoms with Gasteiger partial charge in [-0.25, -0.2) is 4.39 Å². The smallest absolute Gasteiger partial charge is 0.327 e. The third-order valence-corrected chi connectivity index (χ3v) is 5.98. The number of carbonyl (C=O) groups excluding carboxylic acids is 3. The molecule has 2 fully saturated rings. The second-order valence-electron chi connectivity index (χ2n) is 7.54. The van der Waals surface area contributed by atoms with E-state index in [1.165, 1.54) is 26.3 Å². The first-order valence-electron chi connectivity index (χ1n) is 9.36. The Balaban J connectivity index is 1.85. The van der Waals surface area contributed by atoms with Gasteiger partial charge in [0, 0.05) is 19.5 Å². The zero-order chi connectivity index (χ0) is 20.8. The lowest BCUT2D eigenvalue weighted by atomic mass is 9.76. The zero-order valence-corrected chi connectivity index (χ0v) is 16.1. The number of carbonyl (C=O) groups is 3. The number of methoxy groups -OCH3 is 1. The van der Waals surface area contributed by atoms with Crippen molar-refractivity contribution < 1.29 is 23.5 Å². The number of benzene rings is 2. The molecule has 2 heterocycles. The number of nitrogens with zero attached hydrogens (tertiary/aromatic N) is 1. The molecule has 29 heavy (non-hydrogen) atoms. The SMILES string of the molecule is COC(=O)[C@]1(Cc2ccccc2)N[C@H](c2ccc(F)cc2)[C@@H]2C(=O)N(C)C(=O)[C@H]21. The van der Waals surface area contributed by atoms with Crippen LogP contribution in [-0.4, -0.2) is 42.4 Å². The summed E-state index contributed by atoms with van der Waals surface area (Å²) in [6, 6.07) is 14.4. The van der Waals surface area contributed by atoms with E-state index in [2.05, 4.69) is 5.32 Å². The highest BCUT2D eigenvalue weighted by molar-refractivity contribution is 6.09. The second kappa shape index (κ2) is 7.08. The third-order valence-electron chi connectivity index (χ3n) is 5.98. The Bertz CT molecular complexity index is 963. The van der Waals surface area contributed by atoms with E-state index in [1.807, 2.05) is 30.3 Å². The van der Waals surface area contributed by atoms with Crippen LogP contribution in [0.25, 0.3) is 0 Å². The van der Waals surface area contributed by atoms with Crippen LogP contribution in [0.2, 0.25) is 0 Å². The Hall–Kier alpha value is -3.06. The van der Waals surface area contributed by atoms with Crippen LogP contribution in [0.15, 0.2) is 54.6 Å². The predicted molar refractivity (Wildman–Crippen MR) is 102 cm³/mol. The maximum Gasteiger partial charge on any atom is 0.327 e. The number of esters is 1. The molecule has 1 N–H and O–H groups in total. The van der Waals surface area contributed by atoms with E-state index >= 15 is 0 Å². The molecule has 0 spiro atoms. The van der Waals surface area contributed by atoms with Crippen LogP contribution in [0.5, 0.6) is 0 Å². The first kappa shape index (κ1) is 19.3. The molecule has 4 atom stereocenters. The van der Waals surface area contributed by atoms with E-state index in [0.29, 0.717) is 5.56 Å². The van der Waals surface area contributed by atoms with Crippen molar-refractivity contribution in [3.63, 3.8) is 0 Å². The van der Waals surface area contributed by atoms with Crippen LogP contribution in [0, 0.1) is 17.7 Å². The number of nitrogens with one attached hydrogen (secondary N) is 1. The first-order valence-corrected chi connectivity index (χ1v) is 9.36. The fraction of sp³-hybridized carbons (Fsp3) is 0.318. The average molecular weight is 396 g/mol. The molecule has 0 aromatic heterocycles. The summed E-state index contributed by atoms with van der Waals surface area (Å²) in [5, 5.41) is 3.26. The summed E-state index contributed by atoms with van der Waals surface area (Å²) in [7, 11) is 2.69. The highest BCUT2D eigenvalue weighted by Gasteiger charge is 2.68. The van der Waals surface area contributed by atoms with Crippen molar-refractivity contribution >= 4 is 17.8 Å². The van der Waals surface area contributed by atoms with Crippen molar-refractivity contribution in [1.82, 2.24) is 10.2 Å². The Morgan fingerprint density at radius 1 is 1.10 bits per heavy atom. The van der Waals surface area contributed by atoms with Crippen LogP contribution in [0.4, 0.5) is 4.39 Å². The molecule has 2 saturated heterocycles. The Morgan fingerprint density at radius 3 is 2.38 bits per heavy atom. The monoisotopic (exact) mass is 396 g/mol. The van der Waals surface area contributed by atoms with Crippen molar-refractivity contribution in [3.05, 3.63) is 71.5 Å². The molecular formula is C22H21FN2O4. The number of rotatable bonds is 4. The molecule has 150 valence electrons. The molecule has 0 unspecified atom stereocenters. The van der Waals surface area contributed by atoms with Gasteiger partial charge >= 0.3 is 5.97 Å². The molecule has 4 rings (SSSR count). The van der Waals surface area contributed by atoms with Gasteiger partial charge < -0.3 is 4.74 Å². The van der Waals surface area contributed by atoms with Gasteiger partial charge in [-0.3, -0.25) is 24.6 Å². The Kier molecular flexibility index (Phi) is 4.70. The van der Waals surface area contributed by atoms with E-state index in [1.54, 1.807) is 12.1 Å². The number of imide groups is 1. The number of ether oxygens (including phenoxy) is 1. The topological polar surface area (TPSA) is 75.7 Å². The number of halogens is 1. The fourth-order valence-electron chi connectivity index (χ4n) is 4.63. The number of hydrogen-bond donors (Lipinski definition) is 1. The van der Waals surface area contributed by atoms with E-state index in [-0.39, 0.29) is 12.3 Å². The van der Waals surface area contributed by atoms with Crippen LogP contribution in [0.3, 0.4) is 0 Å². The highest BCUT2D eigenvalue weighted by atomic mass is 19.1. The van der Waals surface area contributed by atoms with Gasteiger partial charge in [0.15, 0.2) is 0 Å². The maximum atomic E-state index is 13.4. The first-order chi connectivity index (χ1) is 13.9. The average Bonchev–Trinajstić information content (AvgIpc) is 3.19. The lowest BCUT2D eigenvalue weighted by Crippen LogP contribution is -2.57. The largest absolute Gasteiger partial charge is 0.468 e. The van der Waals surface area contributed by atoms with Crippen LogP contribution >= 0.6 is 0 Å².